The van der Waals surface area contributed by atoms with Crippen LogP contribution in [0.25, 0.3) is 38.7 Å². The summed E-state index contributed by atoms with van der Waals surface area (Å²) in [4.78, 5) is 8.98. The van der Waals surface area contributed by atoms with Crippen LogP contribution in [0.3, 0.4) is 0 Å². The molecule has 3 aromatic heterocycles. The van der Waals surface area contributed by atoms with E-state index in [9.17, 15) is 0 Å². The number of ether oxygens (including phenoxy) is 1. The molecule has 0 unspecified atom stereocenters. The molecule has 116 valence electrons. The van der Waals surface area contributed by atoms with Crippen LogP contribution in [-0.2, 0) is 0 Å². The van der Waals surface area contributed by atoms with Crippen molar-refractivity contribution in [1.29, 1.82) is 5.41 Å². The molecule has 0 saturated carbocycles. The summed E-state index contributed by atoms with van der Waals surface area (Å²) in [5.74, 6) is 0.712. The molecular weight excluding hydrogens is 304 g/mol. The highest BCUT2D eigenvalue weighted by atomic mass is 16.5. The maximum absolute atomic E-state index is 8.26. The van der Waals surface area contributed by atoms with Crippen molar-refractivity contribution >= 4 is 38.7 Å². The van der Waals surface area contributed by atoms with Crippen molar-refractivity contribution in [2.75, 3.05) is 7.11 Å². The number of nitrogens with one attached hydrogen (secondary N) is 1. The normalized spacial score (nSPS) is 11.7. The molecule has 0 radical (unpaired) electrons. The minimum absolute atomic E-state index is 0.0946. The van der Waals surface area contributed by atoms with Gasteiger partial charge in [0.1, 0.15) is 11.3 Å². The second-order valence-corrected chi connectivity index (χ2v) is 5.56. The van der Waals surface area contributed by atoms with E-state index in [-0.39, 0.29) is 5.62 Å². The summed E-state index contributed by atoms with van der Waals surface area (Å²) in [5.41, 5.74) is 3.51. The van der Waals surface area contributed by atoms with E-state index in [4.69, 9.17) is 14.6 Å². The Hall–Kier alpha value is -3.41. The van der Waals surface area contributed by atoms with E-state index >= 15 is 0 Å². The zero-order valence-electron chi connectivity index (χ0n) is 12.8. The minimum Gasteiger partial charge on any atom is -0.497 e. The lowest BCUT2D eigenvalue weighted by Gasteiger charge is -2.05. The van der Waals surface area contributed by atoms with Gasteiger partial charge in [-0.2, -0.15) is 4.98 Å². The molecule has 0 amide bonds. The summed E-state index contributed by atoms with van der Waals surface area (Å²) < 4.78 is 12.9. The highest BCUT2D eigenvalue weighted by Crippen LogP contribution is 2.27. The average molecular weight is 316 g/mol. The van der Waals surface area contributed by atoms with Gasteiger partial charge in [-0.1, -0.05) is 12.1 Å². The summed E-state index contributed by atoms with van der Waals surface area (Å²) >= 11 is 0. The first-order valence-electron chi connectivity index (χ1n) is 7.48. The van der Waals surface area contributed by atoms with Crippen molar-refractivity contribution in [1.82, 2.24) is 14.4 Å². The number of rotatable bonds is 1. The number of aromatic nitrogens is 3. The van der Waals surface area contributed by atoms with E-state index in [0.717, 1.165) is 21.8 Å². The van der Waals surface area contributed by atoms with Crippen molar-refractivity contribution in [2.24, 2.45) is 0 Å². The first-order chi connectivity index (χ1) is 11.7. The number of methoxy groups -OCH3 is 1. The molecule has 0 aliphatic heterocycles. The predicted molar refractivity (Wildman–Crippen MR) is 90.2 cm³/mol. The fourth-order valence-corrected chi connectivity index (χ4v) is 3.04. The average Bonchev–Trinajstić information content (AvgIpc) is 3.00. The summed E-state index contributed by atoms with van der Waals surface area (Å²) in [5, 5.41) is 9.96. The van der Waals surface area contributed by atoms with E-state index in [1.807, 2.05) is 48.5 Å². The Balaban J connectivity index is 2.00. The molecule has 2 aromatic carbocycles. The molecule has 6 nitrogen and oxygen atoms in total. The first kappa shape index (κ1) is 13.1. The highest BCUT2D eigenvalue weighted by Gasteiger charge is 2.13. The van der Waals surface area contributed by atoms with Crippen LogP contribution < -0.4 is 10.4 Å². The first-order valence-corrected chi connectivity index (χ1v) is 7.48. The van der Waals surface area contributed by atoms with Crippen molar-refractivity contribution < 1.29 is 9.15 Å². The van der Waals surface area contributed by atoms with Gasteiger partial charge < -0.3 is 9.15 Å². The molecule has 0 saturated heterocycles. The smallest absolute Gasteiger partial charge is 0.233 e. The van der Waals surface area contributed by atoms with E-state index in [1.165, 1.54) is 0 Å². The fourth-order valence-electron chi connectivity index (χ4n) is 3.04. The Bertz CT molecular complexity index is 1320. The van der Waals surface area contributed by atoms with Gasteiger partial charge in [-0.3, -0.25) is 9.81 Å². The molecule has 0 aliphatic rings. The number of para-hydroxylation sites is 2. The Morgan fingerprint density at radius 2 is 1.96 bits per heavy atom. The van der Waals surface area contributed by atoms with Gasteiger partial charge in [0.2, 0.25) is 11.3 Å². The van der Waals surface area contributed by atoms with Crippen molar-refractivity contribution in [3.63, 3.8) is 0 Å². The van der Waals surface area contributed by atoms with Crippen molar-refractivity contribution in [3.8, 4) is 5.75 Å². The number of nitrogens with zero attached hydrogens (tertiary/aromatic N) is 3. The lowest BCUT2D eigenvalue weighted by Crippen LogP contribution is -2.16. The monoisotopic (exact) mass is 316 g/mol. The Morgan fingerprint density at radius 3 is 2.83 bits per heavy atom. The Kier molecular flexibility index (Phi) is 2.48. The van der Waals surface area contributed by atoms with Crippen LogP contribution in [0.15, 0.2) is 52.9 Å². The van der Waals surface area contributed by atoms with Crippen molar-refractivity contribution in [2.45, 2.75) is 0 Å². The number of benzene rings is 2. The fraction of sp³-hybridized carbons (Fsp3) is 0.0556. The molecule has 5 rings (SSSR count). The molecule has 0 fully saturated rings. The molecule has 0 bridgehead atoms. The molecule has 0 spiro atoms. The molecule has 3 heterocycles. The van der Waals surface area contributed by atoms with Gasteiger partial charge >= 0.3 is 0 Å². The van der Waals surface area contributed by atoms with Gasteiger partial charge in [0.25, 0.3) is 0 Å². The van der Waals surface area contributed by atoms with Gasteiger partial charge in [-0.15, -0.1) is 0 Å². The quantitative estimate of drug-likeness (QED) is 0.482. The zero-order chi connectivity index (χ0) is 16.3. The van der Waals surface area contributed by atoms with Crippen LogP contribution in [-0.4, -0.2) is 21.5 Å². The van der Waals surface area contributed by atoms with Gasteiger partial charge in [-0.25, -0.2) is 4.98 Å². The lowest BCUT2D eigenvalue weighted by molar-refractivity contribution is 0.414. The van der Waals surface area contributed by atoms with E-state index < -0.39 is 0 Å². The molecular formula is C18H12N4O2. The zero-order valence-corrected chi connectivity index (χ0v) is 12.8. The summed E-state index contributed by atoms with van der Waals surface area (Å²) in [6.07, 6.45) is 0. The van der Waals surface area contributed by atoms with Gasteiger partial charge in [0.05, 0.1) is 23.5 Å². The second kappa shape index (κ2) is 4.55. The number of fused-ring (bicyclic) bond motifs is 6. The lowest BCUT2D eigenvalue weighted by atomic mass is 10.2. The molecule has 0 aliphatic carbocycles. The molecule has 5 aromatic rings. The van der Waals surface area contributed by atoms with E-state index in [2.05, 4.69) is 9.97 Å². The number of imidazole rings is 1. The van der Waals surface area contributed by atoms with Crippen LogP contribution in [0, 0.1) is 5.41 Å². The summed E-state index contributed by atoms with van der Waals surface area (Å²) in [7, 11) is 1.61. The maximum Gasteiger partial charge on any atom is 0.233 e. The van der Waals surface area contributed by atoms with Gasteiger partial charge in [-0.05, 0) is 30.3 Å². The minimum atomic E-state index is 0.0946. The third-order valence-electron chi connectivity index (χ3n) is 4.18. The summed E-state index contributed by atoms with van der Waals surface area (Å²) in [6, 6.07) is 15.3. The van der Waals surface area contributed by atoms with Crippen LogP contribution in [0.4, 0.5) is 0 Å². The van der Waals surface area contributed by atoms with E-state index in [1.54, 1.807) is 11.5 Å². The molecule has 0 atom stereocenters. The number of hydrogen-bond donors (Lipinski definition) is 1. The Labute approximate surface area is 135 Å². The van der Waals surface area contributed by atoms with Crippen LogP contribution >= 0.6 is 0 Å². The van der Waals surface area contributed by atoms with E-state index in [0.29, 0.717) is 22.7 Å². The van der Waals surface area contributed by atoms with Crippen LogP contribution in [0.1, 0.15) is 0 Å². The van der Waals surface area contributed by atoms with Gasteiger partial charge in [0.15, 0.2) is 5.65 Å². The maximum atomic E-state index is 8.26. The largest absolute Gasteiger partial charge is 0.497 e. The topological polar surface area (TPSA) is 76.4 Å². The van der Waals surface area contributed by atoms with Crippen LogP contribution in [0.2, 0.25) is 0 Å². The van der Waals surface area contributed by atoms with Crippen LogP contribution in [0.5, 0.6) is 5.75 Å². The molecule has 1 N–H and O–H groups in total. The third-order valence-corrected chi connectivity index (χ3v) is 4.18. The third kappa shape index (κ3) is 1.68. The number of hydrogen-bond acceptors (Lipinski definition) is 5. The molecule has 6 heteroatoms. The molecule has 24 heavy (non-hydrogen) atoms. The van der Waals surface area contributed by atoms with Crippen molar-refractivity contribution in [3.05, 3.63) is 54.1 Å². The predicted octanol–water partition coefficient (Wildman–Crippen LogP) is 3.27. The SMILES string of the molecule is COc1ccc2cc3c(nc(=N)n4c5ccccc5nc34)oc2c1. The Morgan fingerprint density at radius 1 is 1.08 bits per heavy atom. The standard InChI is InChI=1S/C18H12N4O2/c1-23-11-7-6-10-8-12-16-20-13-4-2-3-5-14(13)22(16)18(19)21-17(12)24-15(10)9-11/h2-9,19H,1H3. The highest BCUT2D eigenvalue weighted by molar-refractivity contribution is 5.98. The summed E-state index contributed by atoms with van der Waals surface area (Å²) in [6.45, 7) is 0. The van der Waals surface area contributed by atoms with Gasteiger partial charge in [0, 0.05) is 11.5 Å². The second-order valence-electron chi connectivity index (χ2n) is 5.56.